The maximum absolute atomic E-state index is 13.6. The number of benzene rings is 2. The summed E-state index contributed by atoms with van der Waals surface area (Å²) in [5.74, 6) is -1.87. The number of hydrogen-bond donors (Lipinski definition) is 2. The molecule has 7 nitrogen and oxygen atoms in total. The van der Waals surface area contributed by atoms with Gasteiger partial charge in [-0.2, -0.15) is 0 Å². The summed E-state index contributed by atoms with van der Waals surface area (Å²) in [6.45, 7) is 0.286. The highest BCUT2D eigenvalue weighted by Crippen LogP contribution is 2.44. The molecule has 0 radical (unpaired) electrons. The van der Waals surface area contributed by atoms with Crippen molar-refractivity contribution in [2.75, 3.05) is 13.2 Å². The molecule has 180 valence electrons. The first kappa shape index (κ1) is 23.7. The van der Waals surface area contributed by atoms with E-state index in [0.717, 1.165) is 22.3 Å². The van der Waals surface area contributed by atoms with E-state index in [1.165, 1.54) is 4.90 Å². The predicted octanol–water partition coefficient (Wildman–Crippen LogP) is 4.01. The summed E-state index contributed by atoms with van der Waals surface area (Å²) < 4.78 is 32.5. The zero-order valence-electron chi connectivity index (χ0n) is 18.5. The third kappa shape index (κ3) is 5.03. The Kier molecular flexibility index (Phi) is 7.09. The van der Waals surface area contributed by atoms with E-state index in [9.17, 15) is 23.2 Å². The summed E-state index contributed by atoms with van der Waals surface area (Å²) in [5, 5.41) is 11.1. The lowest BCUT2D eigenvalue weighted by Gasteiger charge is -2.26. The standard InChI is InChI=1S/C25H26F2N2O5/c26-24(27)21(13-22(30)29-11-5-6-15(29)12-23(31)32)28-25(33)34-14-20-18-9-3-1-7-16(18)17-8-2-4-10-19(17)20/h1-4,7-10,15,20-21,24H,5-6,11-14H2,(H,28,33)(H,31,32). The summed E-state index contributed by atoms with van der Waals surface area (Å²) in [6.07, 6.45) is -3.74. The second-order valence-electron chi connectivity index (χ2n) is 8.60. The molecule has 0 saturated carbocycles. The molecule has 1 heterocycles. The van der Waals surface area contributed by atoms with Gasteiger partial charge in [-0.1, -0.05) is 48.5 Å². The van der Waals surface area contributed by atoms with Crippen LogP contribution in [0.1, 0.15) is 42.7 Å². The number of nitrogens with one attached hydrogen (secondary N) is 1. The normalized spacial score (nSPS) is 17.9. The molecule has 0 spiro atoms. The lowest BCUT2D eigenvalue weighted by molar-refractivity contribution is -0.140. The van der Waals surface area contributed by atoms with E-state index in [-0.39, 0.29) is 18.9 Å². The Morgan fingerprint density at radius 3 is 2.26 bits per heavy atom. The molecule has 1 fully saturated rings. The number of alkyl halides is 2. The van der Waals surface area contributed by atoms with Crippen molar-refractivity contribution < 1.29 is 33.0 Å². The zero-order chi connectivity index (χ0) is 24.2. The van der Waals surface area contributed by atoms with E-state index >= 15 is 0 Å². The number of nitrogens with zero attached hydrogens (tertiary/aromatic N) is 1. The molecular weight excluding hydrogens is 446 g/mol. The molecule has 1 aliphatic heterocycles. The first-order valence-corrected chi connectivity index (χ1v) is 11.3. The molecular formula is C25H26F2N2O5. The van der Waals surface area contributed by atoms with E-state index in [4.69, 9.17) is 9.84 Å². The fourth-order valence-corrected chi connectivity index (χ4v) is 4.88. The van der Waals surface area contributed by atoms with Gasteiger partial charge in [0.2, 0.25) is 5.91 Å². The van der Waals surface area contributed by atoms with Crippen LogP contribution < -0.4 is 5.32 Å². The van der Waals surface area contributed by atoms with Crippen molar-refractivity contribution in [3.8, 4) is 11.1 Å². The molecule has 2 unspecified atom stereocenters. The van der Waals surface area contributed by atoms with Crippen LogP contribution in [0.4, 0.5) is 13.6 Å². The molecule has 0 aromatic heterocycles. The molecule has 2 N–H and O–H groups in total. The van der Waals surface area contributed by atoms with Crippen LogP contribution in [0.3, 0.4) is 0 Å². The average molecular weight is 472 g/mol. The molecule has 1 aliphatic carbocycles. The molecule has 2 aliphatic rings. The number of aliphatic carboxylic acids is 1. The van der Waals surface area contributed by atoms with Crippen LogP contribution in [0.2, 0.25) is 0 Å². The van der Waals surface area contributed by atoms with E-state index in [2.05, 4.69) is 5.32 Å². The van der Waals surface area contributed by atoms with Gasteiger partial charge in [0.1, 0.15) is 12.6 Å². The lowest BCUT2D eigenvalue weighted by Crippen LogP contribution is -2.46. The van der Waals surface area contributed by atoms with Crippen molar-refractivity contribution in [1.82, 2.24) is 10.2 Å². The van der Waals surface area contributed by atoms with Gasteiger partial charge in [-0.15, -0.1) is 0 Å². The van der Waals surface area contributed by atoms with E-state index in [0.29, 0.717) is 19.4 Å². The molecule has 2 atom stereocenters. The highest BCUT2D eigenvalue weighted by atomic mass is 19.3. The minimum Gasteiger partial charge on any atom is -0.481 e. The fourth-order valence-electron chi connectivity index (χ4n) is 4.88. The van der Waals surface area contributed by atoms with Crippen molar-refractivity contribution >= 4 is 18.0 Å². The van der Waals surface area contributed by atoms with Gasteiger partial charge in [-0.05, 0) is 35.1 Å². The maximum atomic E-state index is 13.6. The summed E-state index contributed by atoms with van der Waals surface area (Å²) in [7, 11) is 0. The number of carboxylic acid groups (broad SMARTS) is 1. The maximum Gasteiger partial charge on any atom is 0.407 e. The molecule has 2 amide bonds. The predicted molar refractivity (Wildman–Crippen MR) is 120 cm³/mol. The van der Waals surface area contributed by atoms with Crippen molar-refractivity contribution in [2.45, 2.75) is 50.1 Å². The Labute approximate surface area is 195 Å². The van der Waals surface area contributed by atoms with Gasteiger partial charge in [-0.25, -0.2) is 13.6 Å². The Morgan fingerprint density at radius 2 is 1.68 bits per heavy atom. The van der Waals surface area contributed by atoms with Gasteiger partial charge in [0, 0.05) is 18.5 Å². The molecule has 9 heteroatoms. The summed E-state index contributed by atoms with van der Waals surface area (Å²) in [5.41, 5.74) is 4.08. The van der Waals surface area contributed by atoms with Gasteiger partial charge in [0.25, 0.3) is 6.43 Å². The Morgan fingerprint density at radius 1 is 1.06 bits per heavy atom. The van der Waals surface area contributed by atoms with Gasteiger partial charge < -0.3 is 20.1 Å². The van der Waals surface area contributed by atoms with Crippen LogP contribution in [0.25, 0.3) is 11.1 Å². The second kappa shape index (κ2) is 10.2. The number of carbonyl (C=O) groups excluding carboxylic acids is 2. The zero-order valence-corrected chi connectivity index (χ0v) is 18.5. The number of hydrogen-bond acceptors (Lipinski definition) is 4. The summed E-state index contributed by atoms with van der Waals surface area (Å²) in [4.78, 5) is 37.3. The Balaban J connectivity index is 1.37. The smallest absolute Gasteiger partial charge is 0.407 e. The van der Waals surface area contributed by atoms with Crippen molar-refractivity contribution in [1.29, 1.82) is 0 Å². The van der Waals surface area contributed by atoms with Crippen molar-refractivity contribution in [3.63, 3.8) is 0 Å². The van der Waals surface area contributed by atoms with E-state index in [1.807, 2.05) is 48.5 Å². The first-order chi connectivity index (χ1) is 16.3. The van der Waals surface area contributed by atoms with Crippen LogP contribution in [0.15, 0.2) is 48.5 Å². The number of rotatable bonds is 8. The van der Waals surface area contributed by atoms with Gasteiger partial charge in [0.15, 0.2) is 0 Å². The first-order valence-electron chi connectivity index (χ1n) is 11.3. The van der Waals surface area contributed by atoms with Crippen molar-refractivity contribution in [2.24, 2.45) is 0 Å². The number of fused-ring (bicyclic) bond motifs is 3. The third-order valence-electron chi connectivity index (χ3n) is 6.45. The van der Waals surface area contributed by atoms with E-state index in [1.54, 1.807) is 0 Å². The number of ether oxygens (including phenoxy) is 1. The number of carboxylic acids is 1. The third-order valence-corrected chi connectivity index (χ3v) is 6.45. The molecule has 4 rings (SSSR count). The highest BCUT2D eigenvalue weighted by molar-refractivity contribution is 5.80. The van der Waals surface area contributed by atoms with Gasteiger partial charge in [0.05, 0.1) is 12.8 Å². The van der Waals surface area contributed by atoms with Gasteiger partial charge >= 0.3 is 12.1 Å². The number of halogens is 2. The topological polar surface area (TPSA) is 95.9 Å². The lowest BCUT2D eigenvalue weighted by atomic mass is 9.98. The number of carbonyl (C=O) groups is 3. The number of amides is 2. The second-order valence-corrected chi connectivity index (χ2v) is 8.60. The largest absolute Gasteiger partial charge is 0.481 e. The number of alkyl carbamates (subject to hydrolysis) is 1. The fraction of sp³-hybridized carbons (Fsp3) is 0.400. The average Bonchev–Trinajstić information content (AvgIpc) is 3.39. The molecule has 0 bridgehead atoms. The molecule has 2 aromatic carbocycles. The SMILES string of the molecule is O=C(O)CC1CCCN1C(=O)CC(NC(=O)OCC1c2ccccc2-c2ccccc21)C(F)F. The summed E-state index contributed by atoms with van der Waals surface area (Å²) in [6, 6.07) is 13.3. The Hall–Kier alpha value is -3.49. The van der Waals surface area contributed by atoms with Crippen LogP contribution in [-0.4, -0.2) is 59.6 Å². The van der Waals surface area contributed by atoms with E-state index < -0.39 is 42.9 Å². The summed E-state index contributed by atoms with van der Waals surface area (Å²) >= 11 is 0. The van der Waals surface area contributed by atoms with Crippen LogP contribution in [0, 0.1) is 0 Å². The highest BCUT2D eigenvalue weighted by Gasteiger charge is 2.35. The number of likely N-dealkylation sites (tertiary alicyclic amines) is 1. The van der Waals surface area contributed by atoms with Gasteiger partial charge in [-0.3, -0.25) is 9.59 Å². The Bertz CT molecular complexity index is 1030. The monoisotopic (exact) mass is 472 g/mol. The minimum atomic E-state index is -2.98. The van der Waals surface area contributed by atoms with Crippen LogP contribution in [0.5, 0.6) is 0 Å². The molecule has 2 aromatic rings. The molecule has 1 saturated heterocycles. The van der Waals surface area contributed by atoms with Crippen LogP contribution in [-0.2, 0) is 14.3 Å². The van der Waals surface area contributed by atoms with Crippen LogP contribution >= 0.6 is 0 Å². The van der Waals surface area contributed by atoms with Crippen molar-refractivity contribution in [3.05, 3.63) is 59.7 Å². The quantitative estimate of drug-likeness (QED) is 0.605. The molecule has 34 heavy (non-hydrogen) atoms. The minimum absolute atomic E-state index is 0.0312.